The molecule has 2 aromatic carbocycles. The minimum Gasteiger partial charge on any atom is -0.478 e. The molecule has 1 unspecified atom stereocenters. The second-order valence-electron chi connectivity index (χ2n) is 5.92. The second-order valence-corrected chi connectivity index (χ2v) is 5.92. The van der Waals surface area contributed by atoms with Crippen LogP contribution in [0.5, 0.6) is 0 Å². The highest BCUT2D eigenvalue weighted by atomic mass is 16.5. The van der Waals surface area contributed by atoms with Gasteiger partial charge in [0, 0.05) is 19.6 Å². The van der Waals surface area contributed by atoms with Crippen molar-refractivity contribution in [2.24, 2.45) is 0 Å². The van der Waals surface area contributed by atoms with E-state index in [2.05, 4.69) is 17.0 Å². The summed E-state index contributed by atoms with van der Waals surface area (Å²) in [6, 6.07) is 17.5. The number of carbonyl (C=O) groups is 1. The molecule has 1 aliphatic rings. The molecular weight excluding hydrogens is 290 g/mol. The fraction of sp³-hybridized carbons (Fsp3) is 0.316. The van der Waals surface area contributed by atoms with Gasteiger partial charge in [-0.05, 0) is 29.7 Å². The van der Waals surface area contributed by atoms with Gasteiger partial charge in [-0.1, -0.05) is 42.5 Å². The monoisotopic (exact) mass is 311 g/mol. The Morgan fingerprint density at radius 2 is 1.91 bits per heavy atom. The van der Waals surface area contributed by atoms with E-state index in [9.17, 15) is 4.79 Å². The van der Waals surface area contributed by atoms with E-state index in [-0.39, 0.29) is 6.10 Å². The first-order chi connectivity index (χ1) is 11.2. The largest absolute Gasteiger partial charge is 0.478 e. The average molecular weight is 311 g/mol. The minimum absolute atomic E-state index is 0.189. The number of rotatable bonds is 5. The second kappa shape index (κ2) is 7.40. The first kappa shape index (κ1) is 15.7. The molecule has 23 heavy (non-hydrogen) atoms. The molecule has 0 aliphatic carbocycles. The Labute approximate surface area is 136 Å². The topological polar surface area (TPSA) is 49.8 Å². The lowest BCUT2D eigenvalue weighted by molar-refractivity contribution is -0.0305. The summed E-state index contributed by atoms with van der Waals surface area (Å²) in [4.78, 5) is 13.4. The molecule has 2 aromatic rings. The molecule has 4 nitrogen and oxygen atoms in total. The lowest BCUT2D eigenvalue weighted by Crippen LogP contribution is -2.42. The van der Waals surface area contributed by atoms with Crippen LogP contribution < -0.4 is 0 Å². The van der Waals surface area contributed by atoms with Crippen LogP contribution in [0, 0.1) is 0 Å². The van der Waals surface area contributed by atoms with Crippen molar-refractivity contribution in [2.75, 3.05) is 19.7 Å². The van der Waals surface area contributed by atoms with Gasteiger partial charge >= 0.3 is 5.97 Å². The predicted molar refractivity (Wildman–Crippen MR) is 88.6 cm³/mol. The van der Waals surface area contributed by atoms with Gasteiger partial charge < -0.3 is 9.84 Å². The molecule has 0 amide bonds. The highest BCUT2D eigenvalue weighted by Crippen LogP contribution is 2.15. The van der Waals surface area contributed by atoms with Gasteiger partial charge in [-0.25, -0.2) is 4.79 Å². The summed E-state index contributed by atoms with van der Waals surface area (Å²) >= 11 is 0. The zero-order valence-electron chi connectivity index (χ0n) is 13.0. The third kappa shape index (κ3) is 4.41. The van der Waals surface area contributed by atoms with E-state index >= 15 is 0 Å². The molecule has 0 aromatic heterocycles. The molecule has 0 saturated carbocycles. The van der Waals surface area contributed by atoms with E-state index in [1.165, 1.54) is 5.56 Å². The van der Waals surface area contributed by atoms with Crippen molar-refractivity contribution >= 4 is 5.97 Å². The molecule has 4 heteroatoms. The molecule has 1 aliphatic heterocycles. The number of hydrogen-bond acceptors (Lipinski definition) is 3. The number of carboxylic acid groups (broad SMARTS) is 1. The van der Waals surface area contributed by atoms with Gasteiger partial charge in [-0.15, -0.1) is 0 Å². The number of nitrogens with zero attached hydrogens (tertiary/aromatic N) is 1. The molecule has 1 N–H and O–H groups in total. The summed E-state index contributed by atoms with van der Waals surface area (Å²) in [5, 5.41) is 9.09. The fourth-order valence-electron chi connectivity index (χ4n) is 2.99. The normalized spacial score (nSPS) is 18.7. The van der Waals surface area contributed by atoms with Crippen molar-refractivity contribution in [2.45, 2.75) is 19.1 Å². The Kier molecular flexibility index (Phi) is 5.05. The molecular formula is C19H21NO3. The van der Waals surface area contributed by atoms with E-state index < -0.39 is 5.97 Å². The lowest BCUT2D eigenvalue weighted by Gasteiger charge is -2.33. The Hall–Kier alpha value is -2.17. The molecule has 1 fully saturated rings. The molecule has 1 heterocycles. The van der Waals surface area contributed by atoms with Crippen molar-refractivity contribution in [1.82, 2.24) is 4.90 Å². The average Bonchev–Trinajstić information content (AvgIpc) is 2.56. The molecule has 0 radical (unpaired) electrons. The number of morpholine rings is 1. The minimum atomic E-state index is -0.879. The van der Waals surface area contributed by atoms with Crippen LogP contribution in [0.1, 0.15) is 21.5 Å². The number of aromatic carboxylic acids is 1. The summed E-state index contributed by atoms with van der Waals surface area (Å²) in [7, 11) is 0. The van der Waals surface area contributed by atoms with Crippen molar-refractivity contribution in [3.8, 4) is 0 Å². The third-order valence-electron chi connectivity index (χ3n) is 4.11. The molecule has 3 rings (SSSR count). The number of hydrogen-bond donors (Lipinski definition) is 1. The third-order valence-corrected chi connectivity index (χ3v) is 4.11. The van der Waals surface area contributed by atoms with E-state index in [0.29, 0.717) is 5.56 Å². The maximum atomic E-state index is 11.1. The molecule has 0 spiro atoms. The van der Waals surface area contributed by atoms with Gasteiger partial charge in [0.1, 0.15) is 0 Å². The highest BCUT2D eigenvalue weighted by molar-refractivity contribution is 5.87. The van der Waals surface area contributed by atoms with Gasteiger partial charge in [0.05, 0.1) is 18.3 Å². The predicted octanol–water partition coefficient (Wildman–Crippen LogP) is 2.83. The zero-order chi connectivity index (χ0) is 16.1. The van der Waals surface area contributed by atoms with Crippen molar-refractivity contribution in [3.05, 3.63) is 71.3 Å². The van der Waals surface area contributed by atoms with Crippen LogP contribution in [0.2, 0.25) is 0 Å². The molecule has 0 bridgehead atoms. The smallest absolute Gasteiger partial charge is 0.335 e. The van der Waals surface area contributed by atoms with E-state index in [0.717, 1.165) is 38.2 Å². The van der Waals surface area contributed by atoms with Crippen molar-refractivity contribution < 1.29 is 14.6 Å². The summed E-state index contributed by atoms with van der Waals surface area (Å²) in [5.74, 6) is -0.879. The SMILES string of the molecule is O=C(O)c1cccc(CN2CCOC(Cc3ccccc3)C2)c1. The standard InChI is InChI=1S/C19H21NO3/c21-19(22)17-8-4-7-16(11-17)13-20-9-10-23-18(14-20)12-15-5-2-1-3-6-15/h1-8,11,18H,9-10,12-14H2,(H,21,22). The van der Waals surface area contributed by atoms with E-state index in [1.54, 1.807) is 18.2 Å². The number of benzene rings is 2. The molecule has 1 saturated heterocycles. The van der Waals surface area contributed by atoms with Crippen LogP contribution in [-0.4, -0.2) is 41.8 Å². The quantitative estimate of drug-likeness (QED) is 0.922. The van der Waals surface area contributed by atoms with Gasteiger partial charge in [0.15, 0.2) is 0 Å². The van der Waals surface area contributed by atoms with E-state index in [4.69, 9.17) is 9.84 Å². The Morgan fingerprint density at radius 3 is 2.70 bits per heavy atom. The maximum absolute atomic E-state index is 11.1. The van der Waals surface area contributed by atoms with Crippen molar-refractivity contribution in [1.29, 1.82) is 0 Å². The summed E-state index contributed by atoms with van der Waals surface area (Å²) in [6.45, 7) is 3.22. The van der Waals surface area contributed by atoms with Gasteiger partial charge in [0.25, 0.3) is 0 Å². The Morgan fingerprint density at radius 1 is 1.13 bits per heavy atom. The summed E-state index contributed by atoms with van der Waals surface area (Å²) in [5.41, 5.74) is 2.66. The van der Waals surface area contributed by atoms with Gasteiger partial charge in [0.2, 0.25) is 0 Å². The Bertz CT molecular complexity index is 657. The molecule has 1 atom stereocenters. The number of carboxylic acids is 1. The zero-order valence-corrected chi connectivity index (χ0v) is 13.0. The Balaban J connectivity index is 1.60. The fourth-order valence-corrected chi connectivity index (χ4v) is 2.99. The summed E-state index contributed by atoms with van der Waals surface area (Å²) < 4.78 is 5.88. The van der Waals surface area contributed by atoms with Crippen LogP contribution >= 0.6 is 0 Å². The van der Waals surface area contributed by atoms with Gasteiger partial charge in [-0.3, -0.25) is 4.90 Å². The van der Waals surface area contributed by atoms with E-state index in [1.807, 2.05) is 24.3 Å². The first-order valence-corrected chi connectivity index (χ1v) is 7.91. The van der Waals surface area contributed by atoms with Crippen LogP contribution in [-0.2, 0) is 17.7 Å². The highest BCUT2D eigenvalue weighted by Gasteiger charge is 2.21. The van der Waals surface area contributed by atoms with Crippen LogP contribution in [0.4, 0.5) is 0 Å². The molecule has 120 valence electrons. The van der Waals surface area contributed by atoms with Crippen LogP contribution in [0.3, 0.4) is 0 Å². The maximum Gasteiger partial charge on any atom is 0.335 e. The van der Waals surface area contributed by atoms with Crippen LogP contribution in [0.15, 0.2) is 54.6 Å². The first-order valence-electron chi connectivity index (χ1n) is 7.91. The van der Waals surface area contributed by atoms with Crippen LogP contribution in [0.25, 0.3) is 0 Å². The summed E-state index contributed by atoms with van der Waals surface area (Å²) in [6.07, 6.45) is 1.10. The van der Waals surface area contributed by atoms with Gasteiger partial charge in [-0.2, -0.15) is 0 Å². The number of ether oxygens (including phenoxy) is 1. The van der Waals surface area contributed by atoms with Crippen molar-refractivity contribution in [3.63, 3.8) is 0 Å². The lowest BCUT2D eigenvalue weighted by atomic mass is 10.1.